The van der Waals surface area contributed by atoms with Crippen LogP contribution in [-0.4, -0.2) is 36.5 Å². The predicted molar refractivity (Wildman–Crippen MR) is 82.6 cm³/mol. The molecule has 0 bridgehead atoms. The van der Waals surface area contributed by atoms with E-state index in [1.165, 1.54) is 5.56 Å². The fraction of sp³-hybridized carbons (Fsp3) is 0.562. The summed E-state index contributed by atoms with van der Waals surface area (Å²) < 4.78 is 0. The Morgan fingerprint density at radius 2 is 2.15 bits per heavy atom. The van der Waals surface area contributed by atoms with E-state index in [2.05, 4.69) is 18.3 Å². The Morgan fingerprint density at radius 1 is 1.45 bits per heavy atom. The molecule has 2 rings (SSSR count). The summed E-state index contributed by atoms with van der Waals surface area (Å²) >= 11 is 0. The molecule has 20 heavy (non-hydrogen) atoms. The maximum absolute atomic E-state index is 12.3. The van der Waals surface area contributed by atoms with Gasteiger partial charge in [-0.3, -0.25) is 4.79 Å². The van der Waals surface area contributed by atoms with Gasteiger partial charge in [-0.25, -0.2) is 0 Å². The first kappa shape index (κ1) is 14.9. The third kappa shape index (κ3) is 3.97. The minimum Gasteiger partial charge on any atom is -0.383 e. The number of likely N-dealkylation sites (tertiary alicyclic amines) is 1. The molecule has 0 aromatic heterocycles. The molecule has 0 saturated carbocycles. The van der Waals surface area contributed by atoms with E-state index in [-0.39, 0.29) is 5.91 Å². The molecular weight excluding hydrogens is 250 g/mol. The maximum Gasteiger partial charge on any atom is 0.241 e. The molecule has 0 radical (unpaired) electrons. The van der Waals surface area contributed by atoms with Crippen LogP contribution in [0.1, 0.15) is 25.3 Å². The molecule has 1 aromatic carbocycles. The third-order valence-corrected chi connectivity index (χ3v) is 3.96. The molecule has 110 valence electrons. The van der Waals surface area contributed by atoms with Gasteiger partial charge in [0.2, 0.25) is 5.91 Å². The number of hydrogen-bond donors (Lipinski definition) is 2. The van der Waals surface area contributed by atoms with Crippen LogP contribution in [0.15, 0.2) is 24.3 Å². The Morgan fingerprint density at radius 3 is 2.80 bits per heavy atom. The van der Waals surface area contributed by atoms with E-state index >= 15 is 0 Å². The summed E-state index contributed by atoms with van der Waals surface area (Å²) in [5.74, 6) is 0.790. The van der Waals surface area contributed by atoms with E-state index in [0.717, 1.165) is 37.5 Å². The Labute approximate surface area is 121 Å². The third-order valence-electron chi connectivity index (χ3n) is 3.96. The molecule has 4 nitrogen and oxygen atoms in total. The van der Waals surface area contributed by atoms with Crippen LogP contribution < -0.4 is 11.1 Å². The molecule has 1 atom stereocenters. The lowest BCUT2D eigenvalue weighted by Gasteiger charge is -2.32. The van der Waals surface area contributed by atoms with E-state index in [1.807, 2.05) is 30.0 Å². The SMILES string of the molecule is Cc1cccc(NCC(N)C(=O)N2CCC(C)CC2)c1. The van der Waals surface area contributed by atoms with Crippen molar-refractivity contribution in [2.75, 3.05) is 25.0 Å². The second-order valence-corrected chi connectivity index (χ2v) is 5.86. The first-order valence-electron chi connectivity index (χ1n) is 7.41. The number of hydrogen-bond acceptors (Lipinski definition) is 3. The molecule has 1 aliphatic heterocycles. The molecule has 1 fully saturated rings. The van der Waals surface area contributed by atoms with Crippen molar-refractivity contribution in [2.24, 2.45) is 11.7 Å². The Kier molecular flexibility index (Phi) is 5.01. The largest absolute Gasteiger partial charge is 0.383 e. The monoisotopic (exact) mass is 275 g/mol. The molecule has 1 aliphatic rings. The van der Waals surface area contributed by atoms with Gasteiger partial charge in [-0.15, -0.1) is 0 Å². The van der Waals surface area contributed by atoms with Crippen molar-refractivity contribution in [1.82, 2.24) is 4.90 Å². The van der Waals surface area contributed by atoms with Crippen molar-refractivity contribution < 1.29 is 4.79 Å². The number of nitrogens with two attached hydrogens (primary N) is 1. The Balaban J connectivity index is 1.82. The number of amides is 1. The Bertz CT molecular complexity index is 453. The first-order chi connectivity index (χ1) is 9.56. The van der Waals surface area contributed by atoms with E-state index in [1.54, 1.807) is 0 Å². The number of anilines is 1. The highest BCUT2D eigenvalue weighted by atomic mass is 16.2. The average molecular weight is 275 g/mol. The molecular formula is C16H25N3O. The predicted octanol–water partition coefficient (Wildman–Crippen LogP) is 1.99. The van der Waals surface area contributed by atoms with Gasteiger partial charge in [0.15, 0.2) is 0 Å². The molecule has 1 saturated heterocycles. The van der Waals surface area contributed by atoms with Crippen molar-refractivity contribution in [1.29, 1.82) is 0 Å². The van der Waals surface area contributed by atoms with E-state index < -0.39 is 6.04 Å². The van der Waals surface area contributed by atoms with E-state index in [4.69, 9.17) is 5.73 Å². The molecule has 1 unspecified atom stereocenters. The molecule has 1 heterocycles. The lowest BCUT2D eigenvalue weighted by atomic mass is 9.99. The number of nitrogens with zero attached hydrogens (tertiary/aromatic N) is 1. The van der Waals surface area contributed by atoms with E-state index in [0.29, 0.717) is 6.54 Å². The lowest BCUT2D eigenvalue weighted by Crippen LogP contribution is -2.49. The lowest BCUT2D eigenvalue weighted by molar-refractivity contribution is -0.133. The maximum atomic E-state index is 12.3. The van der Waals surface area contributed by atoms with Crippen LogP contribution in [-0.2, 0) is 4.79 Å². The van der Waals surface area contributed by atoms with Crippen molar-refractivity contribution >= 4 is 11.6 Å². The Hall–Kier alpha value is -1.55. The minimum absolute atomic E-state index is 0.0667. The van der Waals surface area contributed by atoms with Gasteiger partial charge in [0.25, 0.3) is 0 Å². The van der Waals surface area contributed by atoms with Crippen LogP contribution in [0.25, 0.3) is 0 Å². The summed E-state index contributed by atoms with van der Waals surface area (Å²) in [5.41, 5.74) is 8.22. The van der Waals surface area contributed by atoms with Gasteiger partial charge in [0, 0.05) is 25.3 Å². The van der Waals surface area contributed by atoms with E-state index in [9.17, 15) is 4.79 Å². The van der Waals surface area contributed by atoms with Crippen LogP contribution in [0.5, 0.6) is 0 Å². The standard InChI is InChI=1S/C16H25N3O/c1-12-6-8-19(9-7-12)16(20)15(17)11-18-14-5-3-4-13(2)10-14/h3-5,10,12,15,18H,6-9,11,17H2,1-2H3. The summed E-state index contributed by atoms with van der Waals surface area (Å²) in [6, 6.07) is 7.62. The molecule has 0 spiro atoms. The van der Waals surface area contributed by atoms with Gasteiger partial charge in [-0.05, 0) is 43.4 Å². The normalized spacial score (nSPS) is 17.9. The van der Waals surface area contributed by atoms with Crippen molar-refractivity contribution in [3.05, 3.63) is 29.8 Å². The zero-order valence-corrected chi connectivity index (χ0v) is 12.4. The second kappa shape index (κ2) is 6.75. The molecule has 0 aliphatic carbocycles. The highest BCUT2D eigenvalue weighted by Gasteiger charge is 2.24. The van der Waals surface area contributed by atoms with Gasteiger partial charge >= 0.3 is 0 Å². The minimum atomic E-state index is -0.469. The van der Waals surface area contributed by atoms with Crippen LogP contribution in [0.3, 0.4) is 0 Å². The summed E-state index contributed by atoms with van der Waals surface area (Å²) in [5, 5.41) is 3.24. The van der Waals surface area contributed by atoms with Gasteiger partial charge in [0.1, 0.15) is 6.04 Å². The molecule has 1 amide bonds. The number of carbonyl (C=O) groups is 1. The smallest absolute Gasteiger partial charge is 0.241 e. The number of benzene rings is 1. The van der Waals surface area contributed by atoms with Gasteiger partial charge in [-0.1, -0.05) is 19.1 Å². The fourth-order valence-electron chi connectivity index (χ4n) is 2.53. The summed E-state index contributed by atoms with van der Waals surface area (Å²) in [6.07, 6.45) is 2.17. The topological polar surface area (TPSA) is 58.4 Å². The molecule has 3 N–H and O–H groups in total. The van der Waals surface area contributed by atoms with Gasteiger partial charge in [0.05, 0.1) is 0 Å². The highest BCUT2D eigenvalue weighted by molar-refractivity contribution is 5.82. The number of nitrogens with one attached hydrogen (secondary N) is 1. The fourth-order valence-corrected chi connectivity index (χ4v) is 2.53. The number of piperidine rings is 1. The highest BCUT2D eigenvalue weighted by Crippen LogP contribution is 2.16. The van der Waals surface area contributed by atoms with Gasteiger partial charge < -0.3 is 16.0 Å². The van der Waals surface area contributed by atoms with Crippen molar-refractivity contribution in [3.8, 4) is 0 Å². The van der Waals surface area contributed by atoms with Crippen LogP contribution in [0.2, 0.25) is 0 Å². The molecule has 4 heteroatoms. The second-order valence-electron chi connectivity index (χ2n) is 5.86. The van der Waals surface area contributed by atoms with Crippen molar-refractivity contribution in [3.63, 3.8) is 0 Å². The molecule has 1 aromatic rings. The van der Waals surface area contributed by atoms with Crippen LogP contribution in [0, 0.1) is 12.8 Å². The summed E-state index contributed by atoms with van der Waals surface area (Å²) in [4.78, 5) is 14.2. The first-order valence-corrected chi connectivity index (χ1v) is 7.41. The zero-order chi connectivity index (χ0) is 14.5. The zero-order valence-electron chi connectivity index (χ0n) is 12.4. The summed E-state index contributed by atoms with van der Waals surface area (Å²) in [7, 11) is 0. The van der Waals surface area contributed by atoms with Gasteiger partial charge in [-0.2, -0.15) is 0 Å². The van der Waals surface area contributed by atoms with Crippen molar-refractivity contribution in [2.45, 2.75) is 32.7 Å². The van der Waals surface area contributed by atoms with Crippen LogP contribution in [0.4, 0.5) is 5.69 Å². The number of rotatable bonds is 4. The summed E-state index contributed by atoms with van der Waals surface area (Å²) in [6.45, 7) is 6.46. The van der Waals surface area contributed by atoms with Crippen LogP contribution >= 0.6 is 0 Å². The quantitative estimate of drug-likeness (QED) is 0.883. The average Bonchev–Trinajstić information content (AvgIpc) is 2.45. The number of aryl methyl sites for hydroxylation is 1. The number of carbonyl (C=O) groups excluding carboxylic acids is 1.